The molecular weight excluding hydrogens is 238 g/mol. The van der Waals surface area contributed by atoms with Crippen LogP contribution >= 0.6 is 0 Å². The lowest BCUT2D eigenvalue weighted by atomic mass is 9.99. The van der Waals surface area contributed by atoms with E-state index in [4.69, 9.17) is 0 Å². The second-order valence-corrected chi connectivity index (χ2v) is 4.83. The van der Waals surface area contributed by atoms with E-state index < -0.39 is 0 Å². The van der Waals surface area contributed by atoms with Crippen molar-refractivity contribution in [1.82, 2.24) is 25.3 Å². The Bertz CT molecular complexity index is 520. The van der Waals surface area contributed by atoms with Crippen molar-refractivity contribution in [2.75, 3.05) is 6.54 Å². The molecule has 1 N–H and O–H groups in total. The average Bonchev–Trinajstić information content (AvgIpc) is 2.81. The van der Waals surface area contributed by atoms with E-state index in [1.807, 2.05) is 25.6 Å². The number of pyridine rings is 1. The van der Waals surface area contributed by atoms with Crippen LogP contribution in [0.2, 0.25) is 0 Å². The van der Waals surface area contributed by atoms with E-state index in [2.05, 4.69) is 40.5 Å². The lowest BCUT2D eigenvalue weighted by molar-refractivity contribution is 0.521. The van der Waals surface area contributed by atoms with Crippen molar-refractivity contribution >= 4 is 0 Å². The van der Waals surface area contributed by atoms with Gasteiger partial charge in [0.2, 0.25) is 0 Å². The largest absolute Gasteiger partial charge is 0.310 e. The van der Waals surface area contributed by atoms with E-state index in [9.17, 15) is 0 Å². The zero-order valence-electron chi connectivity index (χ0n) is 11.8. The minimum absolute atomic E-state index is 0.264. The smallest absolute Gasteiger partial charge is 0.0845 e. The summed E-state index contributed by atoms with van der Waals surface area (Å²) in [7, 11) is 1.89. The van der Waals surface area contributed by atoms with Gasteiger partial charge in [0.25, 0.3) is 0 Å². The summed E-state index contributed by atoms with van der Waals surface area (Å²) >= 11 is 0. The van der Waals surface area contributed by atoms with Crippen LogP contribution in [0.5, 0.6) is 0 Å². The zero-order valence-corrected chi connectivity index (χ0v) is 11.8. The first kappa shape index (κ1) is 13.7. The molecule has 5 nitrogen and oxygen atoms in total. The Morgan fingerprint density at radius 3 is 2.89 bits per heavy atom. The van der Waals surface area contributed by atoms with Gasteiger partial charge in [-0.3, -0.25) is 9.67 Å². The van der Waals surface area contributed by atoms with Crippen LogP contribution in [0.1, 0.15) is 36.2 Å². The highest BCUT2D eigenvalue weighted by atomic mass is 15.4. The number of rotatable bonds is 6. The maximum Gasteiger partial charge on any atom is 0.0845 e. The van der Waals surface area contributed by atoms with Gasteiger partial charge >= 0.3 is 0 Å². The van der Waals surface area contributed by atoms with Crippen LogP contribution in [0.15, 0.2) is 24.7 Å². The van der Waals surface area contributed by atoms with Crippen LogP contribution in [0.4, 0.5) is 0 Å². The van der Waals surface area contributed by atoms with E-state index >= 15 is 0 Å². The first-order chi connectivity index (χ1) is 9.20. The van der Waals surface area contributed by atoms with Crippen LogP contribution in [-0.4, -0.2) is 26.5 Å². The molecule has 0 saturated carbocycles. The SMILES string of the molecule is CCCNC(Cc1cn(C)nn1)c1ccncc1C. The van der Waals surface area contributed by atoms with Gasteiger partial charge in [0.1, 0.15) is 0 Å². The van der Waals surface area contributed by atoms with Crippen molar-refractivity contribution in [1.29, 1.82) is 0 Å². The van der Waals surface area contributed by atoms with Crippen LogP contribution in [0.25, 0.3) is 0 Å². The summed E-state index contributed by atoms with van der Waals surface area (Å²) in [5.41, 5.74) is 3.50. The molecule has 0 bridgehead atoms. The van der Waals surface area contributed by atoms with Crippen LogP contribution in [0, 0.1) is 6.92 Å². The fraction of sp³-hybridized carbons (Fsp3) is 0.500. The summed E-state index contributed by atoms with van der Waals surface area (Å²) in [6.07, 6.45) is 7.68. The molecule has 2 aromatic heterocycles. The lowest BCUT2D eigenvalue weighted by Gasteiger charge is -2.19. The first-order valence-electron chi connectivity index (χ1n) is 6.69. The third kappa shape index (κ3) is 3.61. The van der Waals surface area contributed by atoms with E-state index in [1.165, 1.54) is 11.1 Å². The Kier molecular flexibility index (Phi) is 4.63. The molecule has 0 aliphatic carbocycles. The molecule has 2 heterocycles. The van der Waals surface area contributed by atoms with Gasteiger partial charge in [0, 0.05) is 38.1 Å². The van der Waals surface area contributed by atoms with Gasteiger partial charge in [0.15, 0.2) is 0 Å². The Morgan fingerprint density at radius 1 is 1.42 bits per heavy atom. The predicted octanol–water partition coefficient (Wildman–Crippen LogP) is 1.80. The van der Waals surface area contributed by atoms with E-state index in [-0.39, 0.29) is 6.04 Å². The van der Waals surface area contributed by atoms with Gasteiger partial charge < -0.3 is 5.32 Å². The third-order valence-electron chi connectivity index (χ3n) is 3.14. The molecule has 2 aromatic rings. The Hall–Kier alpha value is -1.75. The number of aryl methyl sites for hydroxylation is 2. The number of hydrogen-bond acceptors (Lipinski definition) is 4. The highest BCUT2D eigenvalue weighted by Crippen LogP contribution is 2.20. The summed E-state index contributed by atoms with van der Waals surface area (Å²) in [4.78, 5) is 4.16. The second kappa shape index (κ2) is 6.43. The molecule has 0 spiro atoms. The summed E-state index contributed by atoms with van der Waals surface area (Å²) in [6.45, 7) is 5.26. The topological polar surface area (TPSA) is 55.6 Å². The average molecular weight is 259 g/mol. The van der Waals surface area contributed by atoms with E-state index in [0.717, 1.165) is 25.1 Å². The fourth-order valence-corrected chi connectivity index (χ4v) is 2.18. The van der Waals surface area contributed by atoms with Crippen molar-refractivity contribution < 1.29 is 0 Å². The molecule has 5 heteroatoms. The van der Waals surface area contributed by atoms with Gasteiger partial charge in [-0.15, -0.1) is 5.10 Å². The lowest BCUT2D eigenvalue weighted by Crippen LogP contribution is -2.25. The maximum atomic E-state index is 4.18. The molecule has 0 amide bonds. The van der Waals surface area contributed by atoms with Crippen molar-refractivity contribution in [3.05, 3.63) is 41.5 Å². The number of aromatic nitrogens is 4. The number of hydrogen-bond donors (Lipinski definition) is 1. The highest BCUT2D eigenvalue weighted by molar-refractivity contribution is 5.26. The predicted molar refractivity (Wildman–Crippen MR) is 74.7 cm³/mol. The minimum atomic E-state index is 0.264. The normalized spacial score (nSPS) is 12.6. The molecule has 0 aliphatic rings. The van der Waals surface area contributed by atoms with E-state index in [0.29, 0.717) is 0 Å². The maximum absolute atomic E-state index is 4.18. The molecule has 19 heavy (non-hydrogen) atoms. The van der Waals surface area contributed by atoms with Gasteiger partial charge in [-0.05, 0) is 37.1 Å². The molecule has 0 aliphatic heterocycles. The van der Waals surface area contributed by atoms with Crippen molar-refractivity contribution in [3.8, 4) is 0 Å². The second-order valence-electron chi connectivity index (χ2n) is 4.83. The molecular formula is C14H21N5. The van der Waals surface area contributed by atoms with Crippen molar-refractivity contribution in [2.24, 2.45) is 7.05 Å². The highest BCUT2D eigenvalue weighted by Gasteiger charge is 2.15. The molecule has 102 valence electrons. The number of nitrogens with one attached hydrogen (secondary N) is 1. The fourth-order valence-electron chi connectivity index (χ4n) is 2.18. The summed E-state index contributed by atoms with van der Waals surface area (Å²) < 4.78 is 1.74. The van der Waals surface area contributed by atoms with Crippen molar-refractivity contribution in [3.63, 3.8) is 0 Å². The molecule has 2 rings (SSSR count). The number of nitrogens with zero attached hydrogens (tertiary/aromatic N) is 4. The van der Waals surface area contributed by atoms with Crippen LogP contribution in [0.3, 0.4) is 0 Å². The molecule has 1 unspecified atom stereocenters. The molecule has 0 fully saturated rings. The Morgan fingerprint density at radius 2 is 2.26 bits per heavy atom. The van der Waals surface area contributed by atoms with Crippen LogP contribution < -0.4 is 5.32 Å². The van der Waals surface area contributed by atoms with Gasteiger partial charge in [-0.2, -0.15) is 0 Å². The summed E-state index contributed by atoms with van der Waals surface area (Å²) in [5, 5.41) is 11.7. The first-order valence-corrected chi connectivity index (χ1v) is 6.69. The molecule has 0 radical (unpaired) electrons. The monoisotopic (exact) mass is 259 g/mol. The molecule has 1 atom stereocenters. The van der Waals surface area contributed by atoms with Crippen molar-refractivity contribution in [2.45, 2.75) is 32.7 Å². The third-order valence-corrected chi connectivity index (χ3v) is 3.14. The quantitative estimate of drug-likeness (QED) is 0.859. The standard InChI is InChI=1S/C14H21N5/c1-4-6-16-14(8-12-10-19(3)18-17-12)13-5-7-15-9-11(13)2/h5,7,9-10,14,16H,4,6,8H2,1-3H3. The molecule has 0 saturated heterocycles. The minimum Gasteiger partial charge on any atom is -0.310 e. The summed E-state index contributed by atoms with van der Waals surface area (Å²) in [6, 6.07) is 2.35. The van der Waals surface area contributed by atoms with Gasteiger partial charge in [0.05, 0.1) is 5.69 Å². The van der Waals surface area contributed by atoms with Gasteiger partial charge in [-0.1, -0.05) is 12.1 Å². The molecule has 0 aromatic carbocycles. The van der Waals surface area contributed by atoms with Gasteiger partial charge in [-0.25, -0.2) is 0 Å². The Balaban J connectivity index is 2.18. The van der Waals surface area contributed by atoms with Crippen LogP contribution in [-0.2, 0) is 13.5 Å². The van der Waals surface area contributed by atoms with E-state index in [1.54, 1.807) is 4.68 Å². The Labute approximate surface area is 114 Å². The zero-order chi connectivity index (χ0) is 13.7. The summed E-state index contributed by atoms with van der Waals surface area (Å²) in [5.74, 6) is 0.